The monoisotopic (exact) mass is 447 g/mol. The molecule has 0 atom stereocenters. The Balaban J connectivity index is 1.51. The largest absolute Gasteiger partial charge is 0.486 e. The number of anilines is 1. The Kier molecular flexibility index (Phi) is 6.46. The van der Waals surface area contributed by atoms with E-state index in [1.807, 2.05) is 48.9 Å². The highest BCUT2D eigenvalue weighted by molar-refractivity contribution is 9.10. The zero-order chi connectivity index (χ0) is 19.2. The lowest BCUT2D eigenvalue weighted by Crippen LogP contribution is -2.15. The van der Waals surface area contributed by atoms with Crippen LogP contribution in [0, 0.1) is 6.92 Å². The lowest BCUT2D eigenvalue weighted by atomic mass is 10.2. The molecule has 140 valence electrons. The van der Waals surface area contributed by atoms with Gasteiger partial charge >= 0.3 is 0 Å². The van der Waals surface area contributed by atoms with Gasteiger partial charge in [-0.3, -0.25) is 4.79 Å². The molecule has 1 aromatic carbocycles. The minimum absolute atomic E-state index is 0.157. The van der Waals surface area contributed by atoms with E-state index in [1.165, 1.54) is 17.3 Å². The molecule has 0 saturated heterocycles. The highest BCUT2D eigenvalue weighted by Gasteiger charge is 2.12. The van der Waals surface area contributed by atoms with Crippen LogP contribution in [0.2, 0.25) is 0 Å². The number of amides is 1. The van der Waals surface area contributed by atoms with E-state index < -0.39 is 0 Å². The molecular weight excluding hydrogens is 430 g/mol. The number of ether oxygens (including phenoxy) is 1. The smallest absolute Gasteiger partial charge is 0.236 e. The molecule has 0 saturated carbocycles. The van der Waals surface area contributed by atoms with Gasteiger partial charge in [-0.15, -0.1) is 10.2 Å². The van der Waals surface area contributed by atoms with E-state index in [0.29, 0.717) is 23.4 Å². The molecule has 1 N–H and O–H groups in total. The second-order valence-electron chi connectivity index (χ2n) is 5.76. The molecule has 0 fully saturated rings. The lowest BCUT2D eigenvalue weighted by molar-refractivity contribution is -0.113. The number of carbonyl (C=O) groups is 1. The first-order valence-corrected chi connectivity index (χ1v) is 9.91. The van der Waals surface area contributed by atoms with Crippen molar-refractivity contribution in [1.82, 2.24) is 19.7 Å². The van der Waals surface area contributed by atoms with Crippen LogP contribution in [0.3, 0.4) is 0 Å². The number of hydrogen-bond donors (Lipinski definition) is 1. The van der Waals surface area contributed by atoms with Crippen LogP contribution < -0.4 is 10.1 Å². The molecule has 2 aromatic heterocycles. The third-order valence-corrected chi connectivity index (χ3v) is 5.13. The molecule has 27 heavy (non-hydrogen) atoms. The van der Waals surface area contributed by atoms with Crippen LogP contribution in [0.5, 0.6) is 5.75 Å². The third-order valence-electron chi connectivity index (χ3n) is 3.64. The zero-order valence-corrected chi connectivity index (χ0v) is 17.2. The van der Waals surface area contributed by atoms with Gasteiger partial charge < -0.3 is 14.6 Å². The van der Waals surface area contributed by atoms with Crippen LogP contribution >= 0.6 is 27.7 Å². The summed E-state index contributed by atoms with van der Waals surface area (Å²) in [7, 11) is 1.85. The Bertz CT molecular complexity index is 913. The van der Waals surface area contributed by atoms with Gasteiger partial charge in [0.25, 0.3) is 0 Å². The molecule has 0 unspecified atom stereocenters. The van der Waals surface area contributed by atoms with E-state index in [1.54, 1.807) is 12.3 Å². The Labute approximate surface area is 169 Å². The Morgan fingerprint density at radius 3 is 2.70 bits per heavy atom. The van der Waals surface area contributed by atoms with Crippen molar-refractivity contribution in [1.29, 1.82) is 0 Å². The molecule has 0 aliphatic heterocycles. The van der Waals surface area contributed by atoms with E-state index in [9.17, 15) is 4.79 Å². The number of nitrogens with one attached hydrogen (secondary N) is 1. The number of benzene rings is 1. The maximum absolute atomic E-state index is 12.1. The average Bonchev–Trinajstić information content (AvgIpc) is 3.01. The molecule has 0 radical (unpaired) electrons. The molecule has 0 bridgehead atoms. The first-order chi connectivity index (χ1) is 13.0. The number of aryl methyl sites for hydroxylation is 1. The summed E-state index contributed by atoms with van der Waals surface area (Å²) in [5.74, 6) is 2.03. The van der Waals surface area contributed by atoms with Crippen LogP contribution in [0.25, 0.3) is 0 Å². The first kappa shape index (κ1) is 19.4. The number of carbonyl (C=O) groups excluding carboxylic acids is 1. The van der Waals surface area contributed by atoms with Crippen molar-refractivity contribution in [3.05, 3.63) is 58.5 Å². The van der Waals surface area contributed by atoms with Crippen molar-refractivity contribution >= 4 is 39.4 Å². The predicted molar refractivity (Wildman–Crippen MR) is 108 cm³/mol. The van der Waals surface area contributed by atoms with Crippen molar-refractivity contribution in [3.63, 3.8) is 0 Å². The van der Waals surface area contributed by atoms with E-state index in [-0.39, 0.29) is 11.7 Å². The SMILES string of the molecule is Cc1ccc(OCc2nnc(SCC(=O)Nc3ccc(Br)cn3)n2C)cc1. The molecule has 7 nitrogen and oxygen atoms in total. The summed E-state index contributed by atoms with van der Waals surface area (Å²) in [5.41, 5.74) is 1.18. The number of thioether (sulfide) groups is 1. The number of nitrogens with zero attached hydrogens (tertiary/aromatic N) is 4. The standard InChI is InChI=1S/C18H18BrN5O2S/c1-12-3-6-14(7-4-12)26-10-16-22-23-18(24(16)2)27-11-17(25)21-15-8-5-13(19)9-20-15/h3-9H,10-11H2,1-2H3,(H,20,21,25). The van der Waals surface area contributed by atoms with E-state index in [2.05, 4.69) is 36.4 Å². The van der Waals surface area contributed by atoms with Gasteiger partial charge in [0.1, 0.15) is 18.2 Å². The quantitative estimate of drug-likeness (QED) is 0.557. The molecule has 3 aromatic rings. The molecule has 9 heteroatoms. The van der Waals surface area contributed by atoms with Crippen molar-refractivity contribution in [2.24, 2.45) is 7.05 Å². The molecule has 3 rings (SSSR count). The van der Waals surface area contributed by atoms with Gasteiger partial charge in [0, 0.05) is 17.7 Å². The fraction of sp³-hybridized carbons (Fsp3) is 0.222. The lowest BCUT2D eigenvalue weighted by Gasteiger charge is -2.07. The summed E-state index contributed by atoms with van der Waals surface area (Å²) >= 11 is 4.61. The summed E-state index contributed by atoms with van der Waals surface area (Å²) in [6.45, 7) is 2.33. The van der Waals surface area contributed by atoms with Crippen molar-refractivity contribution in [3.8, 4) is 5.75 Å². The van der Waals surface area contributed by atoms with Crippen molar-refractivity contribution in [2.45, 2.75) is 18.7 Å². The van der Waals surface area contributed by atoms with Gasteiger partial charge in [-0.2, -0.15) is 0 Å². The van der Waals surface area contributed by atoms with Gasteiger partial charge in [0.2, 0.25) is 5.91 Å². The number of aromatic nitrogens is 4. The van der Waals surface area contributed by atoms with Crippen LogP contribution in [0.15, 0.2) is 52.2 Å². The number of halogens is 1. The third kappa shape index (κ3) is 5.54. The fourth-order valence-corrected chi connectivity index (χ4v) is 3.10. The van der Waals surface area contributed by atoms with Gasteiger partial charge in [-0.05, 0) is 47.1 Å². The molecular formula is C18H18BrN5O2S. The molecule has 1 amide bonds. The van der Waals surface area contributed by atoms with Crippen LogP contribution in [0.1, 0.15) is 11.4 Å². The maximum Gasteiger partial charge on any atom is 0.236 e. The summed E-state index contributed by atoms with van der Waals surface area (Å²) < 4.78 is 8.41. The number of rotatable bonds is 7. The van der Waals surface area contributed by atoms with Crippen molar-refractivity contribution < 1.29 is 9.53 Å². The van der Waals surface area contributed by atoms with Gasteiger partial charge in [0.05, 0.1) is 5.75 Å². The van der Waals surface area contributed by atoms with Gasteiger partial charge in [-0.25, -0.2) is 4.98 Å². The Hall–Kier alpha value is -2.39. The summed E-state index contributed by atoms with van der Waals surface area (Å²) in [5, 5.41) is 11.7. The Morgan fingerprint density at radius 1 is 1.22 bits per heavy atom. The van der Waals surface area contributed by atoms with E-state index in [4.69, 9.17) is 4.74 Å². The predicted octanol–water partition coefficient (Wildman–Crippen LogP) is 3.59. The zero-order valence-electron chi connectivity index (χ0n) is 14.8. The molecule has 0 spiro atoms. The van der Waals surface area contributed by atoms with Crippen LogP contribution in [0.4, 0.5) is 5.82 Å². The highest BCUT2D eigenvalue weighted by Crippen LogP contribution is 2.18. The highest BCUT2D eigenvalue weighted by atomic mass is 79.9. The summed E-state index contributed by atoms with van der Waals surface area (Å²) in [6.07, 6.45) is 1.63. The maximum atomic E-state index is 12.1. The minimum Gasteiger partial charge on any atom is -0.486 e. The first-order valence-electron chi connectivity index (χ1n) is 8.13. The fourth-order valence-electron chi connectivity index (χ4n) is 2.14. The number of pyridine rings is 1. The molecule has 0 aliphatic rings. The van der Waals surface area contributed by atoms with E-state index in [0.717, 1.165) is 10.2 Å². The molecule has 2 heterocycles. The second-order valence-corrected chi connectivity index (χ2v) is 7.62. The number of hydrogen-bond acceptors (Lipinski definition) is 6. The Morgan fingerprint density at radius 2 is 2.00 bits per heavy atom. The summed E-state index contributed by atoms with van der Waals surface area (Å²) in [6, 6.07) is 11.4. The van der Waals surface area contributed by atoms with Gasteiger partial charge in [-0.1, -0.05) is 29.5 Å². The second kappa shape index (κ2) is 9.01. The van der Waals surface area contributed by atoms with Gasteiger partial charge in [0.15, 0.2) is 11.0 Å². The van der Waals surface area contributed by atoms with Crippen LogP contribution in [-0.4, -0.2) is 31.4 Å². The van der Waals surface area contributed by atoms with Crippen LogP contribution in [-0.2, 0) is 18.4 Å². The topological polar surface area (TPSA) is 81.9 Å². The average molecular weight is 448 g/mol. The summed E-state index contributed by atoms with van der Waals surface area (Å²) in [4.78, 5) is 16.2. The van der Waals surface area contributed by atoms with Crippen molar-refractivity contribution in [2.75, 3.05) is 11.1 Å². The molecule has 0 aliphatic carbocycles. The minimum atomic E-state index is -0.157. The van der Waals surface area contributed by atoms with E-state index >= 15 is 0 Å². The normalized spacial score (nSPS) is 10.6.